The second-order valence-electron chi connectivity index (χ2n) is 4.50. The molecule has 5 heteroatoms. The second kappa shape index (κ2) is 5.16. The van der Waals surface area contributed by atoms with E-state index in [-0.39, 0.29) is 24.1 Å². The maximum absolute atomic E-state index is 12.7. The average Bonchev–Trinajstić information content (AvgIpc) is 3.14. The molecule has 0 spiro atoms. The molecule has 1 aliphatic rings. The van der Waals surface area contributed by atoms with Crippen molar-refractivity contribution in [2.45, 2.75) is 25.3 Å². The Kier molecular flexibility index (Phi) is 3.60. The Hall–Kier alpha value is -1.91. The van der Waals surface area contributed by atoms with Gasteiger partial charge in [-0.25, -0.2) is 9.18 Å². The van der Waals surface area contributed by atoms with Crippen LogP contribution in [0.3, 0.4) is 0 Å². The van der Waals surface area contributed by atoms with E-state index in [0.717, 1.165) is 12.8 Å². The van der Waals surface area contributed by atoms with Gasteiger partial charge >= 0.3 is 5.97 Å². The molecule has 1 aromatic rings. The number of carboxylic acid groups (broad SMARTS) is 1. The zero-order valence-electron chi connectivity index (χ0n) is 9.73. The fraction of sp³-hybridized carbons (Fsp3) is 0.385. The predicted molar refractivity (Wildman–Crippen MR) is 62.4 cm³/mol. The van der Waals surface area contributed by atoms with Crippen LogP contribution in [0.2, 0.25) is 0 Å². The largest absolute Gasteiger partial charge is 0.480 e. The summed E-state index contributed by atoms with van der Waals surface area (Å²) in [6, 6.07) is 4.64. The molecule has 1 fully saturated rings. The average molecular weight is 251 g/mol. The van der Waals surface area contributed by atoms with Crippen molar-refractivity contribution in [3.05, 3.63) is 35.6 Å². The molecule has 0 aromatic heterocycles. The number of carbonyl (C=O) groups is 2. The standard InChI is InChI=1S/C13H14FNO3/c14-10-5-1-8(2-6-10)7-11(13(17)18)15-12(16)9-3-4-9/h1-2,5-6,9,11H,3-4,7H2,(H,15,16)(H,17,18)/t11-/m0/s1. The van der Waals surface area contributed by atoms with Crippen molar-refractivity contribution in [2.24, 2.45) is 5.92 Å². The van der Waals surface area contributed by atoms with Gasteiger partial charge in [0.1, 0.15) is 11.9 Å². The summed E-state index contributed by atoms with van der Waals surface area (Å²) in [7, 11) is 0. The van der Waals surface area contributed by atoms with Crippen molar-refractivity contribution >= 4 is 11.9 Å². The second-order valence-corrected chi connectivity index (χ2v) is 4.50. The molecule has 1 aliphatic carbocycles. The highest BCUT2D eigenvalue weighted by molar-refractivity contribution is 5.86. The van der Waals surface area contributed by atoms with E-state index in [1.807, 2.05) is 0 Å². The lowest BCUT2D eigenvalue weighted by Crippen LogP contribution is -2.43. The Labute approximate surface area is 104 Å². The molecule has 2 N–H and O–H groups in total. The molecule has 0 unspecified atom stereocenters. The summed E-state index contributed by atoms with van der Waals surface area (Å²) in [5.41, 5.74) is 0.680. The number of benzene rings is 1. The van der Waals surface area contributed by atoms with Crippen molar-refractivity contribution < 1.29 is 19.1 Å². The van der Waals surface area contributed by atoms with E-state index in [1.165, 1.54) is 24.3 Å². The van der Waals surface area contributed by atoms with Gasteiger partial charge in [0.05, 0.1) is 0 Å². The first-order valence-corrected chi connectivity index (χ1v) is 5.84. The van der Waals surface area contributed by atoms with Crippen molar-refractivity contribution in [3.63, 3.8) is 0 Å². The van der Waals surface area contributed by atoms with Crippen LogP contribution in [-0.2, 0) is 16.0 Å². The Balaban J connectivity index is 1.99. The predicted octanol–water partition coefficient (Wildman–Crippen LogP) is 1.35. The maximum atomic E-state index is 12.7. The summed E-state index contributed by atoms with van der Waals surface area (Å²) in [6.45, 7) is 0. The Morgan fingerprint density at radius 1 is 1.33 bits per heavy atom. The smallest absolute Gasteiger partial charge is 0.326 e. The number of amides is 1. The Morgan fingerprint density at radius 2 is 1.94 bits per heavy atom. The van der Waals surface area contributed by atoms with Crippen LogP contribution in [0.5, 0.6) is 0 Å². The minimum Gasteiger partial charge on any atom is -0.480 e. The first-order chi connectivity index (χ1) is 8.56. The molecule has 4 nitrogen and oxygen atoms in total. The van der Waals surface area contributed by atoms with Crippen LogP contribution in [0.15, 0.2) is 24.3 Å². The highest BCUT2D eigenvalue weighted by atomic mass is 19.1. The summed E-state index contributed by atoms with van der Waals surface area (Å²) in [6.07, 6.45) is 1.82. The number of hydrogen-bond donors (Lipinski definition) is 2. The third-order valence-corrected chi connectivity index (χ3v) is 2.92. The van der Waals surface area contributed by atoms with Gasteiger partial charge < -0.3 is 10.4 Å². The van der Waals surface area contributed by atoms with Gasteiger partial charge in [-0.1, -0.05) is 12.1 Å². The molecule has 0 bridgehead atoms. The Morgan fingerprint density at radius 3 is 2.44 bits per heavy atom. The highest BCUT2D eigenvalue weighted by Gasteiger charge is 2.32. The molecule has 0 radical (unpaired) electrons. The van der Waals surface area contributed by atoms with Crippen LogP contribution < -0.4 is 5.32 Å². The quantitative estimate of drug-likeness (QED) is 0.830. The zero-order valence-corrected chi connectivity index (χ0v) is 9.73. The third-order valence-electron chi connectivity index (χ3n) is 2.92. The van der Waals surface area contributed by atoms with Gasteiger partial charge in [0.15, 0.2) is 0 Å². The maximum Gasteiger partial charge on any atom is 0.326 e. The van der Waals surface area contributed by atoms with Crippen LogP contribution in [0.1, 0.15) is 18.4 Å². The van der Waals surface area contributed by atoms with Crippen molar-refractivity contribution in [1.82, 2.24) is 5.32 Å². The molecule has 0 heterocycles. The van der Waals surface area contributed by atoms with Crippen molar-refractivity contribution in [2.75, 3.05) is 0 Å². The monoisotopic (exact) mass is 251 g/mol. The van der Waals surface area contributed by atoms with E-state index in [4.69, 9.17) is 5.11 Å². The third kappa shape index (κ3) is 3.29. The topological polar surface area (TPSA) is 66.4 Å². The Bertz CT molecular complexity index is 454. The van der Waals surface area contributed by atoms with Gasteiger partial charge in [0.2, 0.25) is 5.91 Å². The van der Waals surface area contributed by atoms with Crippen LogP contribution in [0, 0.1) is 11.7 Å². The first kappa shape index (κ1) is 12.5. The summed E-state index contributed by atoms with van der Waals surface area (Å²) >= 11 is 0. The van der Waals surface area contributed by atoms with Gasteiger partial charge in [0, 0.05) is 12.3 Å². The summed E-state index contributed by atoms with van der Waals surface area (Å²) in [5, 5.41) is 11.6. The lowest BCUT2D eigenvalue weighted by molar-refractivity contribution is -0.142. The molecular formula is C13H14FNO3. The number of carboxylic acids is 1. The van der Waals surface area contributed by atoms with E-state index < -0.39 is 12.0 Å². The van der Waals surface area contributed by atoms with Crippen LogP contribution in [0.25, 0.3) is 0 Å². The van der Waals surface area contributed by atoms with Gasteiger partial charge in [0.25, 0.3) is 0 Å². The summed E-state index contributed by atoms with van der Waals surface area (Å²) in [5.74, 6) is -1.68. The number of rotatable bonds is 5. The van der Waals surface area contributed by atoms with Crippen molar-refractivity contribution in [3.8, 4) is 0 Å². The number of aliphatic carboxylic acids is 1. The molecule has 0 aliphatic heterocycles. The molecular weight excluding hydrogens is 237 g/mol. The number of nitrogens with one attached hydrogen (secondary N) is 1. The van der Waals surface area contributed by atoms with Gasteiger partial charge in [-0.2, -0.15) is 0 Å². The fourth-order valence-corrected chi connectivity index (χ4v) is 1.69. The molecule has 1 saturated carbocycles. The molecule has 0 saturated heterocycles. The SMILES string of the molecule is O=C(N[C@@H](Cc1ccc(F)cc1)C(=O)O)C1CC1. The summed E-state index contributed by atoms with van der Waals surface area (Å²) < 4.78 is 12.7. The van der Waals surface area contributed by atoms with E-state index in [9.17, 15) is 14.0 Å². The van der Waals surface area contributed by atoms with Crippen molar-refractivity contribution in [1.29, 1.82) is 0 Å². The van der Waals surface area contributed by atoms with E-state index in [0.29, 0.717) is 5.56 Å². The lowest BCUT2D eigenvalue weighted by atomic mass is 10.1. The number of halogens is 1. The first-order valence-electron chi connectivity index (χ1n) is 5.84. The minimum atomic E-state index is -1.08. The molecule has 96 valence electrons. The number of hydrogen-bond acceptors (Lipinski definition) is 2. The fourth-order valence-electron chi connectivity index (χ4n) is 1.69. The highest BCUT2D eigenvalue weighted by Crippen LogP contribution is 2.29. The van der Waals surface area contributed by atoms with Crippen LogP contribution >= 0.6 is 0 Å². The van der Waals surface area contributed by atoms with Crippen LogP contribution in [-0.4, -0.2) is 23.0 Å². The minimum absolute atomic E-state index is 0.0277. The normalized spacial score (nSPS) is 16.1. The zero-order chi connectivity index (χ0) is 13.1. The molecule has 2 rings (SSSR count). The number of carbonyl (C=O) groups excluding carboxylic acids is 1. The van der Waals surface area contributed by atoms with E-state index in [2.05, 4.69) is 5.32 Å². The molecule has 1 amide bonds. The molecule has 18 heavy (non-hydrogen) atoms. The van der Waals surface area contributed by atoms with E-state index >= 15 is 0 Å². The van der Waals surface area contributed by atoms with Gasteiger partial charge in [-0.15, -0.1) is 0 Å². The van der Waals surface area contributed by atoms with Gasteiger partial charge in [-0.3, -0.25) is 4.79 Å². The van der Waals surface area contributed by atoms with Crippen LogP contribution in [0.4, 0.5) is 4.39 Å². The molecule has 1 aromatic carbocycles. The van der Waals surface area contributed by atoms with E-state index in [1.54, 1.807) is 0 Å². The van der Waals surface area contributed by atoms with Gasteiger partial charge in [-0.05, 0) is 30.5 Å². The summed E-state index contributed by atoms with van der Waals surface area (Å²) in [4.78, 5) is 22.6. The molecule has 1 atom stereocenters. The lowest BCUT2D eigenvalue weighted by Gasteiger charge is -2.14.